The van der Waals surface area contributed by atoms with Crippen LogP contribution in [0.25, 0.3) is 0 Å². The van der Waals surface area contributed by atoms with Gasteiger partial charge >= 0.3 is 6.18 Å². The van der Waals surface area contributed by atoms with Crippen LogP contribution in [0.4, 0.5) is 13.2 Å². The van der Waals surface area contributed by atoms with Gasteiger partial charge in [-0.25, -0.2) is 0 Å². The van der Waals surface area contributed by atoms with Gasteiger partial charge in [0.2, 0.25) is 5.91 Å². The second-order valence-corrected chi connectivity index (χ2v) is 5.20. The molecule has 0 saturated heterocycles. The van der Waals surface area contributed by atoms with Gasteiger partial charge < -0.3 is 5.11 Å². The summed E-state index contributed by atoms with van der Waals surface area (Å²) in [6, 6.07) is 2.97. The molecule has 21 heavy (non-hydrogen) atoms. The Labute approximate surface area is 118 Å². The summed E-state index contributed by atoms with van der Waals surface area (Å²) in [4.78, 5) is 15.8. The Kier molecular flexibility index (Phi) is 3.01. The fraction of sp³-hybridized carbons (Fsp3) is 0.462. The summed E-state index contributed by atoms with van der Waals surface area (Å²) in [6.45, 7) is 0. The van der Waals surface area contributed by atoms with Crippen molar-refractivity contribution in [3.8, 4) is 0 Å². The van der Waals surface area contributed by atoms with E-state index in [9.17, 15) is 23.1 Å². The Morgan fingerprint density at radius 3 is 2.48 bits per heavy atom. The van der Waals surface area contributed by atoms with Crippen LogP contribution in [-0.2, 0) is 4.79 Å². The Balaban J connectivity index is 1.98. The van der Waals surface area contributed by atoms with Crippen LogP contribution in [0.3, 0.4) is 0 Å². The van der Waals surface area contributed by atoms with Crippen LogP contribution in [0, 0.1) is 5.92 Å². The van der Waals surface area contributed by atoms with E-state index >= 15 is 0 Å². The highest BCUT2D eigenvalue weighted by molar-refractivity contribution is 6.03. The quantitative estimate of drug-likeness (QED) is 0.903. The van der Waals surface area contributed by atoms with Crippen molar-refractivity contribution in [2.45, 2.75) is 31.2 Å². The molecule has 0 bridgehead atoms. The molecule has 0 radical (unpaired) electrons. The summed E-state index contributed by atoms with van der Waals surface area (Å²) >= 11 is 0. The zero-order valence-corrected chi connectivity index (χ0v) is 10.8. The lowest BCUT2D eigenvalue weighted by Gasteiger charge is -2.32. The van der Waals surface area contributed by atoms with Gasteiger partial charge in [0.1, 0.15) is 0 Å². The summed E-state index contributed by atoms with van der Waals surface area (Å²) < 4.78 is 39.6. The lowest BCUT2D eigenvalue weighted by Crippen LogP contribution is -2.57. The average Bonchev–Trinajstić information content (AvgIpc) is 3.21. The molecule has 1 fully saturated rings. The third-order valence-corrected chi connectivity index (χ3v) is 3.59. The number of aliphatic hydroxyl groups is 1. The lowest BCUT2D eigenvalue weighted by atomic mass is 10.0. The fourth-order valence-corrected chi connectivity index (χ4v) is 2.21. The van der Waals surface area contributed by atoms with Crippen LogP contribution >= 0.6 is 0 Å². The zero-order chi connectivity index (χ0) is 15.3. The highest BCUT2D eigenvalue weighted by atomic mass is 19.4. The maximum absolute atomic E-state index is 13.2. The van der Waals surface area contributed by atoms with Crippen molar-refractivity contribution in [1.82, 2.24) is 9.99 Å². The molecule has 3 rings (SSSR count). The molecule has 1 aliphatic heterocycles. The van der Waals surface area contributed by atoms with E-state index in [1.54, 1.807) is 0 Å². The van der Waals surface area contributed by atoms with E-state index in [2.05, 4.69) is 10.1 Å². The van der Waals surface area contributed by atoms with Gasteiger partial charge in [0.05, 0.1) is 12.1 Å². The predicted octanol–water partition coefficient (Wildman–Crippen LogP) is 1.68. The minimum atomic E-state index is -4.98. The minimum Gasteiger partial charge on any atom is -0.362 e. The molecular formula is C13H12F3N3O2. The largest absolute Gasteiger partial charge is 0.438 e. The van der Waals surface area contributed by atoms with Crippen LogP contribution in [0.1, 0.15) is 24.8 Å². The first-order chi connectivity index (χ1) is 9.83. The van der Waals surface area contributed by atoms with Crippen LogP contribution in [0.2, 0.25) is 0 Å². The van der Waals surface area contributed by atoms with Crippen LogP contribution in [-0.4, -0.2) is 38.6 Å². The summed E-state index contributed by atoms with van der Waals surface area (Å²) in [7, 11) is 0. The summed E-state index contributed by atoms with van der Waals surface area (Å²) in [6.07, 6.45) is -1.87. The third-order valence-electron chi connectivity index (χ3n) is 3.59. The first-order valence-corrected chi connectivity index (χ1v) is 6.44. The molecule has 1 aromatic heterocycles. The Morgan fingerprint density at radius 2 is 1.95 bits per heavy atom. The number of aromatic nitrogens is 1. The first kappa shape index (κ1) is 14.0. The van der Waals surface area contributed by atoms with Crippen LogP contribution in [0.15, 0.2) is 29.6 Å². The highest BCUT2D eigenvalue weighted by Gasteiger charge is 2.64. The summed E-state index contributed by atoms with van der Waals surface area (Å²) in [5, 5.41) is 14.0. The van der Waals surface area contributed by atoms with Crippen molar-refractivity contribution >= 4 is 11.6 Å². The maximum atomic E-state index is 13.2. The number of alkyl halides is 3. The third kappa shape index (κ3) is 2.29. The van der Waals surface area contributed by atoms with Gasteiger partial charge in [0.25, 0.3) is 5.72 Å². The number of carbonyl (C=O) groups is 1. The number of carbonyl (C=O) groups excluding carboxylic acids is 1. The van der Waals surface area contributed by atoms with Crippen molar-refractivity contribution in [2.24, 2.45) is 11.0 Å². The molecule has 1 amide bonds. The van der Waals surface area contributed by atoms with Crippen LogP contribution < -0.4 is 0 Å². The first-order valence-electron chi connectivity index (χ1n) is 6.44. The number of rotatable bonds is 2. The van der Waals surface area contributed by atoms with Gasteiger partial charge in [0, 0.05) is 23.9 Å². The number of nitrogens with zero attached hydrogens (tertiary/aromatic N) is 3. The van der Waals surface area contributed by atoms with Gasteiger partial charge in [-0.2, -0.15) is 23.3 Å². The Bertz CT molecular complexity index is 598. The molecule has 8 heteroatoms. The van der Waals surface area contributed by atoms with Gasteiger partial charge in [-0.15, -0.1) is 0 Å². The number of hydrogen-bond donors (Lipinski definition) is 1. The second-order valence-electron chi connectivity index (χ2n) is 5.20. The smallest absolute Gasteiger partial charge is 0.362 e. The van der Waals surface area contributed by atoms with Crippen LogP contribution in [0.5, 0.6) is 0 Å². The molecule has 1 atom stereocenters. The number of hydrazone groups is 1. The molecule has 2 aliphatic rings. The molecule has 2 heterocycles. The molecular weight excluding hydrogens is 287 g/mol. The number of amides is 1. The standard InChI is InChI=1S/C13H12F3N3O2/c14-13(15,16)12(21)7-10(8-3-5-17-6-4-8)18-19(12)11(20)9-1-2-9/h3-6,9,21H,1-2,7H2/t12-/m0/s1. The van der Waals surface area contributed by atoms with Crippen molar-refractivity contribution in [3.63, 3.8) is 0 Å². The molecule has 1 N–H and O–H groups in total. The fourth-order valence-electron chi connectivity index (χ4n) is 2.21. The molecule has 1 aliphatic carbocycles. The zero-order valence-electron chi connectivity index (χ0n) is 10.8. The monoisotopic (exact) mass is 299 g/mol. The molecule has 5 nitrogen and oxygen atoms in total. The molecule has 1 aromatic rings. The number of hydrogen-bond acceptors (Lipinski definition) is 4. The van der Waals surface area contributed by atoms with Crippen molar-refractivity contribution in [3.05, 3.63) is 30.1 Å². The van der Waals surface area contributed by atoms with Gasteiger partial charge in [0.15, 0.2) is 0 Å². The lowest BCUT2D eigenvalue weighted by molar-refractivity contribution is -0.302. The predicted molar refractivity (Wildman–Crippen MR) is 66.0 cm³/mol. The van der Waals surface area contributed by atoms with Crippen molar-refractivity contribution in [2.75, 3.05) is 0 Å². The van der Waals surface area contributed by atoms with E-state index in [-0.39, 0.29) is 10.7 Å². The second kappa shape index (κ2) is 4.52. The van der Waals surface area contributed by atoms with E-state index in [0.717, 1.165) is 0 Å². The SMILES string of the molecule is O=C(C1CC1)N1N=C(c2ccncc2)C[C@]1(O)C(F)(F)F. The normalized spacial score (nSPS) is 25.9. The molecule has 0 spiro atoms. The highest BCUT2D eigenvalue weighted by Crippen LogP contribution is 2.44. The Hall–Kier alpha value is -1.96. The Morgan fingerprint density at radius 1 is 1.33 bits per heavy atom. The topological polar surface area (TPSA) is 65.8 Å². The van der Waals surface area contributed by atoms with Gasteiger partial charge in [-0.3, -0.25) is 9.78 Å². The molecule has 0 aromatic carbocycles. The minimum absolute atomic E-state index is 0.0197. The van der Waals surface area contributed by atoms with E-state index in [4.69, 9.17) is 0 Å². The van der Waals surface area contributed by atoms with E-state index in [1.165, 1.54) is 24.5 Å². The average molecular weight is 299 g/mol. The molecule has 112 valence electrons. The van der Waals surface area contributed by atoms with Gasteiger partial charge in [-0.05, 0) is 25.0 Å². The number of pyridine rings is 1. The maximum Gasteiger partial charge on any atom is 0.438 e. The van der Waals surface area contributed by atoms with Gasteiger partial charge in [-0.1, -0.05) is 0 Å². The van der Waals surface area contributed by atoms with E-state index < -0.39 is 30.1 Å². The van der Waals surface area contributed by atoms with Crippen molar-refractivity contribution < 1.29 is 23.1 Å². The van der Waals surface area contributed by atoms with E-state index in [1.807, 2.05) is 0 Å². The van der Waals surface area contributed by atoms with E-state index in [0.29, 0.717) is 18.4 Å². The van der Waals surface area contributed by atoms with Crippen molar-refractivity contribution in [1.29, 1.82) is 0 Å². The number of halogens is 3. The summed E-state index contributed by atoms with van der Waals surface area (Å²) in [5.74, 6) is -1.25. The molecule has 1 saturated carbocycles. The summed E-state index contributed by atoms with van der Waals surface area (Å²) in [5.41, 5.74) is -2.85. The molecule has 0 unspecified atom stereocenters.